The average Bonchev–Trinajstić information content (AvgIpc) is 3.54. The first-order chi connectivity index (χ1) is 19.2. The third kappa shape index (κ3) is 7.62. The summed E-state index contributed by atoms with van der Waals surface area (Å²) >= 11 is 1.11. The zero-order valence-electron chi connectivity index (χ0n) is 22.9. The molecule has 2 N–H and O–H groups in total. The highest BCUT2D eigenvalue weighted by Gasteiger charge is 2.36. The molecule has 0 aliphatic heterocycles. The number of thioether (sulfide) groups is 1. The van der Waals surface area contributed by atoms with Crippen molar-refractivity contribution in [2.45, 2.75) is 65.0 Å². The number of carbonyl (C=O) groups excluding carboxylic acids is 4. The van der Waals surface area contributed by atoms with E-state index >= 15 is 0 Å². The summed E-state index contributed by atoms with van der Waals surface area (Å²) < 4.78 is 10.8. The Hall–Kier alpha value is -3.86. The van der Waals surface area contributed by atoms with Gasteiger partial charge in [-0.05, 0) is 70.0 Å². The van der Waals surface area contributed by atoms with E-state index in [-0.39, 0.29) is 41.1 Å². The van der Waals surface area contributed by atoms with E-state index in [9.17, 15) is 19.2 Å². The summed E-state index contributed by atoms with van der Waals surface area (Å²) in [5, 5.41) is 9.50. The molecular formula is C29H34N4O6S. The molecule has 1 aliphatic rings. The zero-order valence-corrected chi connectivity index (χ0v) is 23.7. The molecule has 1 aromatic carbocycles. The molecule has 2 aromatic heterocycles. The summed E-state index contributed by atoms with van der Waals surface area (Å²) in [5.41, 5.74) is 0.929. The maximum absolute atomic E-state index is 13.8. The average molecular weight is 567 g/mol. The minimum absolute atomic E-state index is 0.00639. The van der Waals surface area contributed by atoms with Gasteiger partial charge in [-0.1, -0.05) is 24.4 Å². The largest absolute Gasteiger partial charge is 0.464 e. The highest BCUT2D eigenvalue weighted by Crippen LogP contribution is 2.31. The van der Waals surface area contributed by atoms with E-state index in [0.29, 0.717) is 34.3 Å². The number of rotatable bonds is 11. The number of hydrogen-bond donors (Lipinski definition) is 2. The predicted octanol–water partition coefficient (Wildman–Crippen LogP) is 4.98. The Morgan fingerprint density at radius 2 is 1.73 bits per heavy atom. The maximum Gasteiger partial charge on any atom is 0.251 e. The summed E-state index contributed by atoms with van der Waals surface area (Å²) in [5.74, 6) is 0.554. The van der Waals surface area contributed by atoms with E-state index in [0.717, 1.165) is 43.9 Å². The molecule has 40 heavy (non-hydrogen) atoms. The van der Waals surface area contributed by atoms with E-state index in [1.807, 2.05) is 0 Å². The van der Waals surface area contributed by atoms with Crippen molar-refractivity contribution in [1.82, 2.24) is 10.5 Å². The molecule has 0 radical (unpaired) electrons. The van der Waals surface area contributed by atoms with Gasteiger partial charge in [-0.25, -0.2) is 0 Å². The highest BCUT2D eigenvalue weighted by molar-refractivity contribution is 8.00. The van der Waals surface area contributed by atoms with E-state index in [2.05, 4.69) is 15.8 Å². The van der Waals surface area contributed by atoms with Gasteiger partial charge in [0.25, 0.3) is 5.91 Å². The van der Waals surface area contributed by atoms with Gasteiger partial charge in [0.15, 0.2) is 17.6 Å². The van der Waals surface area contributed by atoms with Crippen molar-refractivity contribution in [2.24, 2.45) is 0 Å². The van der Waals surface area contributed by atoms with Gasteiger partial charge in [-0.3, -0.25) is 24.1 Å². The SMILES string of the molecule is CC(=O)c1ccc(N(C(=O)CSCC(=O)Nc2cc(C)on2)[C@H](C(=O)NC2CCCCC2)c2ccc(C)o2)cc1. The number of hydrogen-bond acceptors (Lipinski definition) is 8. The molecule has 0 bridgehead atoms. The molecule has 2 heterocycles. The smallest absolute Gasteiger partial charge is 0.251 e. The lowest BCUT2D eigenvalue weighted by atomic mass is 9.95. The van der Waals surface area contributed by atoms with Crippen LogP contribution in [0.5, 0.6) is 0 Å². The monoisotopic (exact) mass is 566 g/mol. The number of Topliss-reactive ketones (excluding diaryl/α,β-unsaturated/α-hetero) is 1. The molecule has 3 amide bonds. The Morgan fingerprint density at radius 3 is 2.33 bits per heavy atom. The third-order valence-corrected chi connectivity index (χ3v) is 7.58. The number of carbonyl (C=O) groups is 4. The van der Waals surface area contributed by atoms with Gasteiger partial charge in [0, 0.05) is 23.4 Å². The van der Waals surface area contributed by atoms with Crippen LogP contribution in [0.1, 0.15) is 72.7 Å². The molecular weight excluding hydrogens is 532 g/mol. The second kappa shape index (κ2) is 13.5. The zero-order chi connectivity index (χ0) is 28.6. The molecule has 1 atom stereocenters. The van der Waals surface area contributed by atoms with Gasteiger partial charge in [0.1, 0.15) is 17.3 Å². The molecule has 0 saturated heterocycles. The third-order valence-electron chi connectivity index (χ3n) is 6.66. The van der Waals surface area contributed by atoms with Crippen LogP contribution in [0.3, 0.4) is 0 Å². The number of nitrogens with one attached hydrogen (secondary N) is 2. The number of nitrogens with zero attached hydrogens (tertiary/aromatic N) is 2. The second-order valence-electron chi connectivity index (χ2n) is 9.93. The lowest BCUT2D eigenvalue weighted by Gasteiger charge is -2.32. The summed E-state index contributed by atoms with van der Waals surface area (Å²) in [6.45, 7) is 4.96. The number of aromatic nitrogens is 1. The number of anilines is 2. The van der Waals surface area contributed by atoms with Gasteiger partial charge >= 0.3 is 0 Å². The lowest BCUT2D eigenvalue weighted by molar-refractivity contribution is -0.127. The molecule has 212 valence electrons. The van der Waals surface area contributed by atoms with Crippen LogP contribution in [0.4, 0.5) is 11.5 Å². The van der Waals surface area contributed by atoms with Crippen LogP contribution in [-0.4, -0.2) is 46.2 Å². The van der Waals surface area contributed by atoms with E-state index in [4.69, 9.17) is 8.94 Å². The Morgan fingerprint density at radius 1 is 1.00 bits per heavy atom. The van der Waals surface area contributed by atoms with E-state index < -0.39 is 6.04 Å². The van der Waals surface area contributed by atoms with Crippen LogP contribution in [0.25, 0.3) is 0 Å². The van der Waals surface area contributed by atoms with Gasteiger partial charge in [0.05, 0.1) is 11.5 Å². The highest BCUT2D eigenvalue weighted by atomic mass is 32.2. The molecule has 0 unspecified atom stereocenters. The Labute approximate surface area is 237 Å². The fourth-order valence-electron chi connectivity index (χ4n) is 4.70. The lowest BCUT2D eigenvalue weighted by Crippen LogP contribution is -2.47. The Bertz CT molecular complexity index is 1340. The maximum atomic E-state index is 13.8. The first-order valence-corrected chi connectivity index (χ1v) is 14.5. The van der Waals surface area contributed by atoms with E-state index in [1.165, 1.54) is 11.8 Å². The minimum atomic E-state index is -1.07. The molecule has 3 aromatic rings. The summed E-state index contributed by atoms with van der Waals surface area (Å²) in [7, 11) is 0. The van der Waals surface area contributed by atoms with Gasteiger partial charge in [0.2, 0.25) is 11.8 Å². The van der Waals surface area contributed by atoms with Gasteiger partial charge < -0.3 is 19.6 Å². The second-order valence-corrected chi connectivity index (χ2v) is 10.9. The van der Waals surface area contributed by atoms with Gasteiger partial charge in [-0.15, -0.1) is 11.8 Å². The fourth-order valence-corrected chi connectivity index (χ4v) is 5.37. The topological polar surface area (TPSA) is 135 Å². The number of benzene rings is 1. The number of aryl methyl sites for hydroxylation is 2. The Balaban J connectivity index is 1.57. The quantitative estimate of drug-likeness (QED) is 0.310. The molecule has 1 aliphatic carbocycles. The fraction of sp³-hybridized carbons (Fsp3) is 0.414. The minimum Gasteiger partial charge on any atom is -0.464 e. The van der Waals surface area contributed by atoms with Crippen molar-refractivity contribution in [3.05, 3.63) is 65.3 Å². The first kappa shape index (κ1) is 29.1. The summed E-state index contributed by atoms with van der Waals surface area (Å²) in [6.07, 6.45) is 4.98. The van der Waals surface area contributed by atoms with Crippen molar-refractivity contribution >= 4 is 46.8 Å². The van der Waals surface area contributed by atoms with Crippen LogP contribution in [-0.2, 0) is 14.4 Å². The van der Waals surface area contributed by atoms with Crippen LogP contribution < -0.4 is 15.5 Å². The van der Waals surface area contributed by atoms with Crippen LogP contribution in [0, 0.1) is 13.8 Å². The van der Waals surface area contributed by atoms with Crippen molar-refractivity contribution in [3.8, 4) is 0 Å². The molecule has 0 spiro atoms. The van der Waals surface area contributed by atoms with Crippen LogP contribution >= 0.6 is 11.8 Å². The summed E-state index contributed by atoms with van der Waals surface area (Å²) in [6, 6.07) is 10.6. The van der Waals surface area contributed by atoms with Crippen LogP contribution in [0.15, 0.2) is 51.4 Å². The first-order valence-electron chi connectivity index (χ1n) is 13.3. The molecule has 1 saturated carbocycles. The van der Waals surface area contributed by atoms with Crippen LogP contribution in [0.2, 0.25) is 0 Å². The van der Waals surface area contributed by atoms with Crippen molar-refractivity contribution in [2.75, 3.05) is 21.7 Å². The number of ketones is 1. The van der Waals surface area contributed by atoms with Crippen molar-refractivity contribution < 1.29 is 28.1 Å². The molecule has 1 fully saturated rings. The predicted molar refractivity (Wildman–Crippen MR) is 152 cm³/mol. The van der Waals surface area contributed by atoms with Crippen molar-refractivity contribution in [1.29, 1.82) is 0 Å². The molecule has 4 rings (SSSR count). The molecule has 10 nitrogen and oxygen atoms in total. The van der Waals surface area contributed by atoms with Crippen molar-refractivity contribution in [3.63, 3.8) is 0 Å². The standard InChI is InChI=1S/C29H34N4O6S/c1-18-9-14-24(38-18)28(29(37)30-22-7-5-4-6-8-22)33(23-12-10-21(11-13-23)20(3)34)27(36)17-40-16-26(35)31-25-15-19(2)39-32-25/h9-15,22,28H,4-8,16-17H2,1-3H3,(H,30,37)(H,31,32,35)/t28-/m0/s1. The molecule has 11 heteroatoms. The number of furan rings is 1. The normalized spacial score (nSPS) is 14.4. The van der Waals surface area contributed by atoms with E-state index in [1.54, 1.807) is 56.3 Å². The Kier molecular flexibility index (Phi) is 9.81. The summed E-state index contributed by atoms with van der Waals surface area (Å²) in [4.78, 5) is 53.2. The number of amides is 3. The van der Waals surface area contributed by atoms with Gasteiger partial charge in [-0.2, -0.15) is 0 Å².